The first-order valence-corrected chi connectivity index (χ1v) is 12.5. The van der Waals surface area contributed by atoms with Gasteiger partial charge in [-0.25, -0.2) is 0 Å². The molecule has 6 heteroatoms. The van der Waals surface area contributed by atoms with E-state index in [0.717, 1.165) is 30.4 Å². The molecule has 0 bridgehead atoms. The molecule has 1 unspecified atom stereocenters. The van der Waals surface area contributed by atoms with Gasteiger partial charge in [0.15, 0.2) is 0 Å². The Hall–Kier alpha value is -2.86. The minimum Gasteiger partial charge on any atom is -0.491 e. The zero-order valence-electron chi connectivity index (χ0n) is 20.1. The van der Waals surface area contributed by atoms with Gasteiger partial charge in [-0.3, -0.25) is 10.1 Å². The molecule has 1 aliphatic carbocycles. The highest BCUT2D eigenvalue weighted by atomic mass is 35.5. The van der Waals surface area contributed by atoms with Crippen LogP contribution >= 0.6 is 11.6 Å². The maximum absolute atomic E-state index is 11.3. The monoisotopic (exact) mass is 493 g/mol. The lowest BCUT2D eigenvalue weighted by Crippen LogP contribution is -2.39. The summed E-state index contributed by atoms with van der Waals surface area (Å²) in [5.74, 6) is -0.0469. The summed E-state index contributed by atoms with van der Waals surface area (Å²) in [7, 11) is 0. The van der Waals surface area contributed by atoms with Crippen LogP contribution in [0.5, 0.6) is 5.75 Å². The normalized spacial score (nSPS) is 15.7. The second-order valence-corrected chi connectivity index (χ2v) is 9.76. The number of carbonyl (C=O) groups is 1. The number of nitrogens with one attached hydrogen (secondary N) is 1. The van der Waals surface area contributed by atoms with Crippen LogP contribution in [0.3, 0.4) is 0 Å². The highest BCUT2D eigenvalue weighted by molar-refractivity contribution is 6.31. The summed E-state index contributed by atoms with van der Waals surface area (Å²) < 4.78 is 6.07. The van der Waals surface area contributed by atoms with Crippen molar-refractivity contribution in [2.24, 2.45) is 0 Å². The molecule has 0 heterocycles. The van der Waals surface area contributed by atoms with Crippen LogP contribution in [0, 0.1) is 0 Å². The number of aliphatic hydroxyl groups is 1. The average molecular weight is 494 g/mol. The Morgan fingerprint density at radius 3 is 2.57 bits per heavy atom. The van der Waals surface area contributed by atoms with E-state index in [0.29, 0.717) is 16.7 Å². The molecule has 1 aliphatic rings. The van der Waals surface area contributed by atoms with Gasteiger partial charge in [-0.05, 0) is 79.0 Å². The molecule has 0 saturated carbocycles. The first kappa shape index (κ1) is 25.2. The predicted molar refractivity (Wildman–Crippen MR) is 139 cm³/mol. The van der Waals surface area contributed by atoms with Crippen molar-refractivity contribution in [3.63, 3.8) is 0 Å². The number of benzene rings is 3. The lowest BCUT2D eigenvalue weighted by Gasteiger charge is -2.20. The van der Waals surface area contributed by atoms with E-state index in [-0.39, 0.29) is 12.6 Å². The smallest absolute Gasteiger partial charge is 0.323 e. The van der Waals surface area contributed by atoms with Gasteiger partial charge >= 0.3 is 5.97 Å². The van der Waals surface area contributed by atoms with Crippen LogP contribution in [0.25, 0.3) is 11.1 Å². The first-order valence-electron chi connectivity index (χ1n) is 12.1. The van der Waals surface area contributed by atoms with E-state index in [1.807, 2.05) is 32.0 Å². The maximum atomic E-state index is 11.3. The molecule has 0 fully saturated rings. The van der Waals surface area contributed by atoms with Crippen molar-refractivity contribution in [3.8, 4) is 16.9 Å². The van der Waals surface area contributed by atoms with Crippen molar-refractivity contribution in [1.82, 2.24) is 5.32 Å². The summed E-state index contributed by atoms with van der Waals surface area (Å²) in [6, 6.07) is 19.9. The van der Waals surface area contributed by atoms with Gasteiger partial charge in [0.2, 0.25) is 0 Å². The van der Waals surface area contributed by atoms with Gasteiger partial charge in [-0.15, -0.1) is 0 Å². The molecule has 2 atom stereocenters. The zero-order valence-corrected chi connectivity index (χ0v) is 20.9. The van der Waals surface area contributed by atoms with Crippen molar-refractivity contribution in [2.45, 2.75) is 57.7 Å². The number of carboxylic acids is 1. The van der Waals surface area contributed by atoms with Gasteiger partial charge < -0.3 is 14.9 Å². The fraction of sp³-hybridized carbons (Fsp3) is 0.345. The summed E-state index contributed by atoms with van der Waals surface area (Å²) in [5.41, 5.74) is 7.14. The van der Waals surface area contributed by atoms with Crippen molar-refractivity contribution in [1.29, 1.82) is 0 Å². The van der Waals surface area contributed by atoms with Crippen molar-refractivity contribution >= 4 is 17.6 Å². The highest BCUT2D eigenvalue weighted by Gasteiger charge is 2.26. The van der Waals surface area contributed by atoms with Gasteiger partial charge in [0.05, 0.1) is 12.7 Å². The molecule has 5 nitrogen and oxygen atoms in total. The number of fused-ring (bicyclic) bond motifs is 1. The van der Waals surface area contributed by atoms with Crippen LogP contribution in [0.2, 0.25) is 5.02 Å². The molecule has 0 spiro atoms. The molecule has 0 amide bonds. The molecule has 3 N–H and O–H groups in total. The summed E-state index contributed by atoms with van der Waals surface area (Å²) in [6.07, 6.45) is 2.87. The minimum atomic E-state index is -1.10. The Morgan fingerprint density at radius 1 is 1.11 bits per heavy atom. The largest absolute Gasteiger partial charge is 0.491 e. The average Bonchev–Trinajstić information content (AvgIpc) is 3.25. The number of hydrogen-bond acceptors (Lipinski definition) is 4. The summed E-state index contributed by atoms with van der Waals surface area (Å²) in [6.45, 7) is 3.65. The third-order valence-electron chi connectivity index (χ3n) is 6.56. The molecular weight excluding hydrogens is 462 g/mol. The van der Waals surface area contributed by atoms with E-state index in [4.69, 9.17) is 16.3 Å². The number of carboxylic acid groups (broad SMARTS) is 1. The predicted octanol–water partition coefficient (Wildman–Crippen LogP) is 5.60. The molecule has 4 rings (SSSR count). The quantitative estimate of drug-likeness (QED) is 0.342. The highest BCUT2D eigenvalue weighted by Crippen LogP contribution is 2.42. The van der Waals surface area contributed by atoms with Crippen molar-refractivity contribution in [3.05, 3.63) is 87.9 Å². The van der Waals surface area contributed by atoms with Crippen molar-refractivity contribution in [2.75, 3.05) is 6.61 Å². The number of aliphatic carboxylic acids is 1. The third kappa shape index (κ3) is 5.87. The summed E-state index contributed by atoms with van der Waals surface area (Å²) in [4.78, 5) is 11.3. The van der Waals surface area contributed by atoms with Gasteiger partial charge in [0.25, 0.3) is 0 Å². The van der Waals surface area contributed by atoms with Gasteiger partial charge in [-0.2, -0.15) is 0 Å². The Bertz CT molecular complexity index is 1180. The zero-order chi connectivity index (χ0) is 24.9. The fourth-order valence-corrected chi connectivity index (χ4v) is 5.13. The topological polar surface area (TPSA) is 78.8 Å². The molecule has 0 radical (unpaired) electrons. The lowest BCUT2D eigenvalue weighted by atomic mass is 9.91. The van der Waals surface area contributed by atoms with Crippen LogP contribution < -0.4 is 10.1 Å². The van der Waals surface area contributed by atoms with E-state index < -0.39 is 18.6 Å². The van der Waals surface area contributed by atoms with Crippen LogP contribution in [-0.4, -0.2) is 34.9 Å². The second-order valence-electron chi connectivity index (χ2n) is 9.35. The van der Waals surface area contributed by atoms with Crippen LogP contribution in [0.4, 0.5) is 0 Å². The molecule has 35 heavy (non-hydrogen) atoms. The van der Waals surface area contributed by atoms with E-state index in [1.165, 1.54) is 22.3 Å². The van der Waals surface area contributed by atoms with Gasteiger partial charge in [0.1, 0.15) is 11.8 Å². The maximum Gasteiger partial charge on any atom is 0.323 e. The molecule has 0 saturated heterocycles. The summed E-state index contributed by atoms with van der Waals surface area (Å²) in [5, 5.41) is 22.0. The molecule has 3 aromatic carbocycles. The molecule has 3 aromatic rings. The van der Waals surface area contributed by atoms with E-state index in [1.54, 1.807) is 0 Å². The van der Waals surface area contributed by atoms with E-state index >= 15 is 0 Å². The molecule has 0 aliphatic heterocycles. The summed E-state index contributed by atoms with van der Waals surface area (Å²) >= 11 is 6.73. The Labute approximate surface area is 211 Å². The Morgan fingerprint density at radius 2 is 1.89 bits per heavy atom. The fourth-order valence-electron chi connectivity index (χ4n) is 4.86. The van der Waals surface area contributed by atoms with Crippen LogP contribution in [0.15, 0.2) is 60.7 Å². The molecule has 184 valence electrons. The molecular formula is C29H32ClNO4. The Balaban J connectivity index is 1.59. The molecule has 0 aromatic heterocycles. The number of halogens is 1. The third-order valence-corrected chi connectivity index (χ3v) is 6.91. The van der Waals surface area contributed by atoms with Gasteiger partial charge in [-0.1, -0.05) is 60.1 Å². The van der Waals surface area contributed by atoms with Crippen LogP contribution in [-0.2, 0) is 24.2 Å². The number of rotatable bonds is 10. The van der Waals surface area contributed by atoms with E-state index in [9.17, 15) is 15.0 Å². The second kappa shape index (κ2) is 11.3. The van der Waals surface area contributed by atoms with Gasteiger partial charge in [0, 0.05) is 17.1 Å². The number of aliphatic hydroxyl groups excluding tert-OH is 1. The Kier molecular flexibility index (Phi) is 8.11. The SMILES string of the molecule is CC(C)Oc1cc(C[C@H]2CCc3c(-c4ccccc4)cccc32)c(Cl)cc1CNC(CO)C(=O)O. The number of hydrogen-bond donors (Lipinski definition) is 3. The first-order chi connectivity index (χ1) is 16.9. The van der Waals surface area contributed by atoms with E-state index in [2.05, 4.69) is 47.8 Å². The lowest BCUT2D eigenvalue weighted by molar-refractivity contribution is -0.140. The minimum absolute atomic E-state index is 0.0449. The number of ether oxygens (including phenoxy) is 1. The standard InChI is InChI=1S/C29H32ClNO4/c1-18(2)35-28-15-21(26(30)14-22(28)16-31-27(17-32)29(33)34)13-20-11-12-25-23(9-6-10-24(20)25)19-7-4-3-5-8-19/h3-10,14-15,18,20,27,31-32H,11-13,16-17H2,1-2H3,(H,33,34)/t20-,27?/m1/s1. The van der Waals surface area contributed by atoms with Crippen molar-refractivity contribution < 1.29 is 19.7 Å². The van der Waals surface area contributed by atoms with Crippen LogP contribution in [0.1, 0.15) is 48.4 Å².